The van der Waals surface area contributed by atoms with Crippen LogP contribution in [0.4, 0.5) is 0 Å². The highest BCUT2D eigenvalue weighted by molar-refractivity contribution is 7.80. The molecular weight excluding hydrogens is 642 g/mol. The van der Waals surface area contributed by atoms with Gasteiger partial charge in [-0.2, -0.15) is 0 Å². The maximum absolute atomic E-state index is 6.87. The molecule has 0 N–H and O–H groups in total. The van der Waals surface area contributed by atoms with E-state index in [1.54, 1.807) is 22.3 Å². The quantitative estimate of drug-likeness (QED) is 0.0907. The molecule has 7 rings (SSSR count). The van der Waals surface area contributed by atoms with Gasteiger partial charge in [-0.3, -0.25) is 0 Å². The fourth-order valence-corrected chi connectivity index (χ4v) is 11.3. The van der Waals surface area contributed by atoms with Crippen LogP contribution in [0.3, 0.4) is 0 Å². The fourth-order valence-electron chi connectivity index (χ4n) is 8.54. The fraction of sp³-hybridized carbons (Fsp3) is 0.348. The predicted octanol–water partition coefficient (Wildman–Crippen LogP) is 11.2. The van der Waals surface area contributed by atoms with Gasteiger partial charge in [0.05, 0.1) is 0 Å². The molecule has 2 saturated carbocycles. The van der Waals surface area contributed by atoms with Crippen molar-refractivity contribution in [1.82, 2.24) is 0 Å². The minimum absolute atomic E-state index is 0.592. The zero-order chi connectivity index (χ0) is 34.8. The molecule has 2 fully saturated rings. The molecular formula is C46H52BO3P. The van der Waals surface area contributed by atoms with Crippen molar-refractivity contribution in [2.45, 2.75) is 103 Å². The minimum Gasteiger partial charge on any atom is -0.490 e. The summed E-state index contributed by atoms with van der Waals surface area (Å²) in [6.45, 7) is 4.80. The molecule has 3 nitrogen and oxygen atoms in total. The molecule has 1 atom stereocenters. The second-order valence-corrected chi connectivity index (χ2v) is 16.3. The number of hydrogen-bond acceptors (Lipinski definition) is 3. The maximum atomic E-state index is 6.87. The smallest absolute Gasteiger partial charge is 0.490 e. The van der Waals surface area contributed by atoms with Crippen molar-refractivity contribution in [3.63, 3.8) is 0 Å². The van der Waals surface area contributed by atoms with Crippen molar-refractivity contribution in [3.8, 4) is 17.2 Å². The Morgan fingerprint density at radius 2 is 1.04 bits per heavy atom. The molecule has 262 valence electrons. The predicted molar refractivity (Wildman–Crippen MR) is 216 cm³/mol. The molecule has 0 radical (unpaired) electrons. The lowest BCUT2D eigenvalue weighted by atomic mass is 9.74. The first-order valence-electron chi connectivity index (χ1n) is 19.5. The van der Waals surface area contributed by atoms with Crippen molar-refractivity contribution in [2.24, 2.45) is 0 Å². The first-order chi connectivity index (χ1) is 25.2. The molecule has 0 heterocycles. The summed E-state index contributed by atoms with van der Waals surface area (Å²) in [5, 5.41) is 4.07. The van der Waals surface area contributed by atoms with Gasteiger partial charge in [-0.05, 0) is 121 Å². The average molecular weight is 695 g/mol. The molecule has 5 heteroatoms. The van der Waals surface area contributed by atoms with E-state index in [4.69, 9.17) is 14.0 Å². The third-order valence-electron chi connectivity index (χ3n) is 10.9. The molecule has 51 heavy (non-hydrogen) atoms. The third-order valence-corrected chi connectivity index (χ3v) is 13.4. The molecule has 0 bridgehead atoms. The SMILES string of the molecule is CCc1cc(P(c2ccccc2)c2ccccc2OB(Oc2ccccc2)Oc2ccccc2)c(C2CCCCC2)c(CC)c1C1CCCCC1. The Kier molecular flexibility index (Phi) is 12.1. The van der Waals surface area contributed by atoms with Crippen LogP contribution < -0.4 is 29.9 Å². The van der Waals surface area contributed by atoms with Crippen LogP contribution in [0.25, 0.3) is 0 Å². The van der Waals surface area contributed by atoms with Crippen LogP contribution in [0.2, 0.25) is 0 Å². The van der Waals surface area contributed by atoms with E-state index in [0.29, 0.717) is 23.3 Å². The highest BCUT2D eigenvalue weighted by atomic mass is 31.1. The Labute approximate surface area is 307 Å². The summed E-state index contributed by atoms with van der Waals surface area (Å²) in [5.74, 6) is 3.46. The van der Waals surface area contributed by atoms with Gasteiger partial charge >= 0.3 is 7.32 Å². The molecule has 2 aliphatic carbocycles. The lowest BCUT2D eigenvalue weighted by Crippen LogP contribution is -2.38. The van der Waals surface area contributed by atoms with Gasteiger partial charge in [-0.1, -0.05) is 143 Å². The van der Waals surface area contributed by atoms with Crippen LogP contribution >= 0.6 is 7.92 Å². The van der Waals surface area contributed by atoms with Crippen LogP contribution in [0.15, 0.2) is 121 Å². The molecule has 0 aromatic heterocycles. The van der Waals surface area contributed by atoms with Crippen molar-refractivity contribution in [2.75, 3.05) is 0 Å². The molecule has 0 saturated heterocycles. The van der Waals surface area contributed by atoms with Gasteiger partial charge < -0.3 is 14.0 Å². The van der Waals surface area contributed by atoms with E-state index in [0.717, 1.165) is 18.6 Å². The van der Waals surface area contributed by atoms with E-state index in [9.17, 15) is 0 Å². The van der Waals surface area contributed by atoms with E-state index in [2.05, 4.69) is 74.5 Å². The molecule has 2 aliphatic rings. The van der Waals surface area contributed by atoms with Gasteiger partial charge in [0, 0.05) is 5.30 Å². The van der Waals surface area contributed by atoms with E-state index < -0.39 is 15.2 Å². The van der Waals surface area contributed by atoms with E-state index in [1.807, 2.05) is 60.7 Å². The number of para-hydroxylation sites is 3. The highest BCUT2D eigenvalue weighted by Gasteiger charge is 2.35. The Balaban J connectivity index is 1.39. The normalized spacial score (nSPS) is 16.0. The van der Waals surface area contributed by atoms with Gasteiger partial charge in [0.2, 0.25) is 0 Å². The summed E-state index contributed by atoms with van der Waals surface area (Å²) in [6.07, 6.45) is 15.5. The van der Waals surface area contributed by atoms with E-state index in [-0.39, 0.29) is 0 Å². The lowest BCUT2D eigenvalue weighted by Gasteiger charge is -2.36. The zero-order valence-electron chi connectivity index (χ0n) is 30.4. The van der Waals surface area contributed by atoms with Crippen molar-refractivity contribution < 1.29 is 14.0 Å². The first kappa shape index (κ1) is 35.4. The lowest BCUT2D eigenvalue weighted by molar-refractivity contribution is 0.308. The average Bonchev–Trinajstić information content (AvgIpc) is 3.20. The number of rotatable bonds is 13. The molecule has 1 unspecified atom stereocenters. The van der Waals surface area contributed by atoms with Crippen LogP contribution in [0.5, 0.6) is 17.2 Å². The topological polar surface area (TPSA) is 27.7 Å². The highest BCUT2D eigenvalue weighted by Crippen LogP contribution is 2.47. The Bertz CT molecular complexity index is 1780. The molecule has 0 spiro atoms. The number of benzene rings is 5. The Morgan fingerprint density at radius 1 is 0.529 bits per heavy atom. The summed E-state index contributed by atoms with van der Waals surface area (Å²) in [5.41, 5.74) is 6.61. The number of hydrogen-bond donors (Lipinski definition) is 0. The van der Waals surface area contributed by atoms with Gasteiger partial charge in [-0.25, -0.2) is 0 Å². The van der Waals surface area contributed by atoms with Gasteiger partial charge in [0.15, 0.2) is 0 Å². The van der Waals surface area contributed by atoms with E-state index in [1.165, 1.54) is 80.1 Å². The summed E-state index contributed by atoms with van der Waals surface area (Å²) in [4.78, 5) is 0. The third kappa shape index (κ3) is 8.39. The summed E-state index contributed by atoms with van der Waals surface area (Å²) in [6, 6.07) is 42.1. The van der Waals surface area contributed by atoms with Gasteiger partial charge in [0.25, 0.3) is 0 Å². The first-order valence-corrected chi connectivity index (χ1v) is 20.8. The standard InChI is InChI=1S/C46H52BO3P/c1-3-35-34-44(46(37-24-12-6-13-25-37)41(4-2)45(35)36-22-10-5-11-23-36)51(40-30-18-9-19-31-40)43-33-21-20-32-42(43)50-47(48-38-26-14-7-15-27-38)49-39-28-16-8-17-29-39/h7-9,14-21,26-34,36-37H,3-6,10-13,22-25H2,1-2H3. The Hall–Kier alpha value is -4.01. The minimum atomic E-state index is -0.979. The van der Waals surface area contributed by atoms with Gasteiger partial charge in [0.1, 0.15) is 17.2 Å². The van der Waals surface area contributed by atoms with Crippen LogP contribution in [-0.2, 0) is 12.8 Å². The van der Waals surface area contributed by atoms with Gasteiger partial charge in [-0.15, -0.1) is 0 Å². The zero-order valence-corrected chi connectivity index (χ0v) is 31.3. The van der Waals surface area contributed by atoms with Crippen molar-refractivity contribution in [1.29, 1.82) is 0 Å². The van der Waals surface area contributed by atoms with Crippen LogP contribution in [0.1, 0.15) is 112 Å². The van der Waals surface area contributed by atoms with Crippen LogP contribution in [0, 0.1) is 0 Å². The summed E-state index contributed by atoms with van der Waals surface area (Å²) < 4.78 is 19.7. The number of aryl methyl sites for hydroxylation is 1. The van der Waals surface area contributed by atoms with E-state index >= 15 is 0 Å². The molecule has 5 aromatic carbocycles. The molecule has 0 aliphatic heterocycles. The molecule has 5 aromatic rings. The largest absolute Gasteiger partial charge is 0.864 e. The monoisotopic (exact) mass is 694 g/mol. The van der Waals surface area contributed by atoms with Crippen LogP contribution in [-0.4, -0.2) is 7.32 Å². The second-order valence-electron chi connectivity index (χ2n) is 14.1. The second kappa shape index (κ2) is 17.5. The molecule has 0 amide bonds. The summed E-state index contributed by atoms with van der Waals surface area (Å²) >= 11 is 0. The summed E-state index contributed by atoms with van der Waals surface area (Å²) in [7, 11) is -1.95. The maximum Gasteiger partial charge on any atom is 0.864 e. The van der Waals surface area contributed by atoms with Crippen molar-refractivity contribution in [3.05, 3.63) is 144 Å². The Morgan fingerprint density at radius 3 is 1.59 bits per heavy atom. The van der Waals surface area contributed by atoms with Crippen molar-refractivity contribution >= 4 is 31.2 Å².